The van der Waals surface area contributed by atoms with E-state index in [1.165, 1.54) is 0 Å². The highest BCUT2D eigenvalue weighted by atomic mass is 32.2. The van der Waals surface area contributed by atoms with Gasteiger partial charge in [-0.1, -0.05) is 19.0 Å². The minimum absolute atomic E-state index is 0.100. The summed E-state index contributed by atoms with van der Waals surface area (Å²) in [5, 5.41) is 3.82. The first-order valence-electron chi connectivity index (χ1n) is 5.66. The number of hydrogen-bond acceptors (Lipinski definition) is 6. The average Bonchev–Trinajstić information content (AvgIpc) is 2.64. The third-order valence-corrected chi connectivity index (χ3v) is 4.80. The van der Waals surface area contributed by atoms with Crippen molar-refractivity contribution < 1.29 is 12.9 Å². The van der Waals surface area contributed by atoms with E-state index >= 15 is 0 Å². The van der Waals surface area contributed by atoms with Gasteiger partial charge in [-0.3, -0.25) is 0 Å². The zero-order chi connectivity index (χ0) is 12.7. The fourth-order valence-corrected chi connectivity index (χ4v) is 3.78. The number of nitrogens with zero attached hydrogens (tertiary/aromatic N) is 2. The molecule has 1 aromatic rings. The summed E-state index contributed by atoms with van der Waals surface area (Å²) in [7, 11) is -3.10. The Morgan fingerprint density at radius 2 is 2.18 bits per heavy atom. The molecule has 2 N–H and O–H groups in total. The summed E-state index contributed by atoms with van der Waals surface area (Å²) < 4.78 is 28.3. The summed E-state index contributed by atoms with van der Waals surface area (Å²) in [4.78, 5) is 4.20. The molecule has 1 aliphatic heterocycles. The predicted octanol–water partition coefficient (Wildman–Crippen LogP) is 0.556. The van der Waals surface area contributed by atoms with Gasteiger partial charge in [0.1, 0.15) is 0 Å². The van der Waals surface area contributed by atoms with Crippen LogP contribution in [0.3, 0.4) is 0 Å². The Hall–Kier alpha value is -0.950. The highest BCUT2D eigenvalue weighted by Gasteiger charge is 2.40. The van der Waals surface area contributed by atoms with Crippen molar-refractivity contribution in [2.75, 3.05) is 11.5 Å². The lowest BCUT2D eigenvalue weighted by molar-refractivity contribution is 0.337. The van der Waals surface area contributed by atoms with Crippen molar-refractivity contribution in [2.45, 2.75) is 38.1 Å². The van der Waals surface area contributed by atoms with Crippen LogP contribution in [0.25, 0.3) is 0 Å². The van der Waals surface area contributed by atoms with Gasteiger partial charge in [0.15, 0.2) is 15.7 Å². The van der Waals surface area contributed by atoms with Gasteiger partial charge in [0.2, 0.25) is 5.89 Å². The molecule has 1 fully saturated rings. The highest BCUT2D eigenvalue weighted by molar-refractivity contribution is 7.91. The maximum absolute atomic E-state index is 11.6. The van der Waals surface area contributed by atoms with Gasteiger partial charge in [-0.05, 0) is 12.8 Å². The first-order chi connectivity index (χ1) is 7.82. The molecule has 0 aliphatic carbocycles. The molecule has 6 nitrogen and oxygen atoms in total. The van der Waals surface area contributed by atoms with Crippen molar-refractivity contribution in [3.8, 4) is 0 Å². The molecule has 96 valence electrons. The van der Waals surface area contributed by atoms with Gasteiger partial charge in [-0.15, -0.1) is 0 Å². The summed E-state index contributed by atoms with van der Waals surface area (Å²) in [5.41, 5.74) is 5.11. The van der Waals surface area contributed by atoms with Crippen LogP contribution in [0.4, 0.5) is 0 Å². The van der Waals surface area contributed by atoms with Crippen molar-refractivity contribution in [2.24, 2.45) is 5.73 Å². The minimum atomic E-state index is -3.10. The third-order valence-electron chi connectivity index (χ3n) is 2.94. The van der Waals surface area contributed by atoms with Crippen molar-refractivity contribution in [1.29, 1.82) is 0 Å². The standard InChI is InChI=1S/C10H17N3O3S/c1-7(2)8-12-9(13-16-8)10(11)4-3-5-17(14,15)6-10/h7H,3-6,11H2,1-2H3. The van der Waals surface area contributed by atoms with Crippen molar-refractivity contribution in [3.63, 3.8) is 0 Å². The van der Waals surface area contributed by atoms with Crippen LogP contribution in [-0.2, 0) is 15.4 Å². The molecule has 1 atom stereocenters. The van der Waals surface area contributed by atoms with Crippen LogP contribution in [-0.4, -0.2) is 30.1 Å². The van der Waals surface area contributed by atoms with Crippen LogP contribution in [0.5, 0.6) is 0 Å². The highest BCUT2D eigenvalue weighted by Crippen LogP contribution is 2.29. The summed E-state index contributed by atoms with van der Waals surface area (Å²) in [6.45, 7) is 3.86. The zero-order valence-electron chi connectivity index (χ0n) is 10.0. The van der Waals surface area contributed by atoms with E-state index in [2.05, 4.69) is 10.1 Å². The van der Waals surface area contributed by atoms with Crippen molar-refractivity contribution >= 4 is 9.84 Å². The molecule has 0 radical (unpaired) electrons. The molecular formula is C10H17N3O3S. The van der Waals surface area contributed by atoms with Crippen molar-refractivity contribution in [1.82, 2.24) is 10.1 Å². The molecule has 0 amide bonds. The summed E-state index contributed by atoms with van der Waals surface area (Å²) in [6, 6.07) is 0. The molecule has 1 saturated heterocycles. The van der Waals surface area contributed by atoms with Gasteiger partial charge in [0.05, 0.1) is 17.0 Å². The predicted molar refractivity (Wildman–Crippen MR) is 62.1 cm³/mol. The topological polar surface area (TPSA) is 99.1 Å². The van der Waals surface area contributed by atoms with E-state index in [-0.39, 0.29) is 17.4 Å². The van der Waals surface area contributed by atoms with Crippen LogP contribution < -0.4 is 5.73 Å². The third kappa shape index (κ3) is 2.50. The van der Waals surface area contributed by atoms with Gasteiger partial charge >= 0.3 is 0 Å². The first-order valence-corrected chi connectivity index (χ1v) is 7.48. The number of hydrogen-bond donors (Lipinski definition) is 1. The van der Waals surface area contributed by atoms with E-state index in [1.807, 2.05) is 13.8 Å². The Morgan fingerprint density at radius 3 is 2.71 bits per heavy atom. The van der Waals surface area contributed by atoms with Crippen LogP contribution in [0, 0.1) is 0 Å². The van der Waals surface area contributed by atoms with Crippen LogP contribution in [0.1, 0.15) is 44.3 Å². The second-order valence-corrected chi connectivity index (χ2v) is 7.15. The lowest BCUT2D eigenvalue weighted by atomic mass is 9.96. The van der Waals surface area contributed by atoms with Gasteiger partial charge < -0.3 is 10.3 Å². The van der Waals surface area contributed by atoms with E-state index in [9.17, 15) is 8.42 Å². The number of sulfone groups is 1. The first kappa shape index (κ1) is 12.5. The molecule has 0 aromatic carbocycles. The van der Waals surface area contributed by atoms with Gasteiger partial charge in [0.25, 0.3) is 0 Å². The van der Waals surface area contributed by atoms with E-state index in [0.717, 1.165) is 0 Å². The molecule has 1 aliphatic rings. The summed E-state index contributed by atoms with van der Waals surface area (Å²) >= 11 is 0. The molecule has 17 heavy (non-hydrogen) atoms. The second-order valence-electron chi connectivity index (χ2n) is 4.96. The molecule has 2 heterocycles. The van der Waals surface area contributed by atoms with Crippen molar-refractivity contribution in [3.05, 3.63) is 11.7 Å². The average molecular weight is 259 g/mol. The van der Waals surface area contributed by atoms with E-state index in [0.29, 0.717) is 24.6 Å². The fraction of sp³-hybridized carbons (Fsp3) is 0.800. The fourth-order valence-electron chi connectivity index (χ4n) is 1.99. The lowest BCUT2D eigenvalue weighted by Gasteiger charge is -2.29. The summed E-state index contributed by atoms with van der Waals surface area (Å²) in [6.07, 6.45) is 1.12. The second kappa shape index (κ2) is 4.06. The SMILES string of the molecule is CC(C)c1nc(C2(N)CCCS(=O)(=O)C2)no1. The normalized spacial score (nSPS) is 28.5. The Balaban J connectivity index is 2.31. The van der Waals surface area contributed by atoms with Crippen LogP contribution >= 0.6 is 0 Å². The molecule has 0 saturated carbocycles. The molecular weight excluding hydrogens is 242 g/mol. The van der Waals surface area contributed by atoms with Gasteiger partial charge in [0, 0.05) is 5.92 Å². The summed E-state index contributed by atoms with van der Waals surface area (Å²) in [5.74, 6) is 1.01. The van der Waals surface area contributed by atoms with Gasteiger partial charge in [-0.2, -0.15) is 4.98 Å². The zero-order valence-corrected chi connectivity index (χ0v) is 10.8. The lowest BCUT2D eigenvalue weighted by Crippen LogP contribution is -2.48. The molecule has 2 rings (SSSR count). The Kier molecular flexibility index (Phi) is 2.99. The maximum atomic E-state index is 11.6. The van der Waals surface area contributed by atoms with Gasteiger partial charge in [-0.25, -0.2) is 8.42 Å². The number of rotatable bonds is 2. The largest absolute Gasteiger partial charge is 0.339 e. The quantitative estimate of drug-likeness (QED) is 0.833. The van der Waals surface area contributed by atoms with E-state index in [1.54, 1.807) is 0 Å². The minimum Gasteiger partial charge on any atom is -0.339 e. The smallest absolute Gasteiger partial charge is 0.229 e. The Bertz CT molecular complexity index is 509. The van der Waals surface area contributed by atoms with E-state index in [4.69, 9.17) is 10.3 Å². The monoisotopic (exact) mass is 259 g/mol. The Labute approximate surface area is 100 Å². The molecule has 1 unspecified atom stereocenters. The molecule has 1 aromatic heterocycles. The maximum Gasteiger partial charge on any atom is 0.229 e. The molecule has 0 bridgehead atoms. The molecule has 7 heteroatoms. The number of aromatic nitrogens is 2. The van der Waals surface area contributed by atoms with E-state index < -0.39 is 15.4 Å². The van der Waals surface area contributed by atoms with Crippen LogP contribution in [0.15, 0.2) is 4.52 Å². The van der Waals surface area contributed by atoms with Crippen LogP contribution in [0.2, 0.25) is 0 Å². The Morgan fingerprint density at radius 1 is 1.47 bits per heavy atom. The number of nitrogens with two attached hydrogens (primary N) is 1. The molecule has 0 spiro atoms.